The Labute approximate surface area is 167 Å². The number of anilines is 3. The van der Waals surface area contributed by atoms with Crippen molar-refractivity contribution < 1.29 is 9.53 Å². The molecule has 0 aliphatic rings. The van der Waals surface area contributed by atoms with Gasteiger partial charge in [-0.1, -0.05) is 17.7 Å². The van der Waals surface area contributed by atoms with Gasteiger partial charge in [0.15, 0.2) is 0 Å². The van der Waals surface area contributed by atoms with Gasteiger partial charge in [-0.2, -0.15) is 5.26 Å². The number of hydrogen-bond donors (Lipinski definition) is 2. The molecule has 28 heavy (non-hydrogen) atoms. The summed E-state index contributed by atoms with van der Waals surface area (Å²) in [4.78, 5) is 16.7. The molecule has 1 aromatic heterocycles. The van der Waals surface area contributed by atoms with E-state index in [1.807, 2.05) is 13.0 Å². The average Bonchev–Trinajstić information content (AvgIpc) is 2.71. The van der Waals surface area contributed by atoms with E-state index in [1.165, 1.54) is 7.11 Å². The number of hydrogen-bond acceptors (Lipinski definition) is 5. The Morgan fingerprint density at radius 2 is 2.00 bits per heavy atom. The molecule has 3 aromatic rings. The second-order valence-electron chi connectivity index (χ2n) is 6.01. The molecule has 3 rings (SSSR count). The summed E-state index contributed by atoms with van der Waals surface area (Å²) < 4.78 is 5.27. The third kappa shape index (κ3) is 4.40. The molecule has 0 aliphatic carbocycles. The third-order valence-electron chi connectivity index (χ3n) is 4.01. The van der Waals surface area contributed by atoms with Crippen molar-refractivity contribution in [3.63, 3.8) is 0 Å². The summed E-state index contributed by atoms with van der Waals surface area (Å²) in [5.74, 6) is 0.109. The van der Waals surface area contributed by atoms with Gasteiger partial charge in [0.05, 0.1) is 36.3 Å². The van der Waals surface area contributed by atoms with Crippen LogP contribution in [0.25, 0.3) is 0 Å². The molecule has 0 saturated heterocycles. The third-order valence-corrected chi connectivity index (χ3v) is 4.41. The number of rotatable bonds is 5. The fourth-order valence-electron chi connectivity index (χ4n) is 2.55. The summed E-state index contributed by atoms with van der Waals surface area (Å²) in [6.45, 7) is 1.84. The van der Waals surface area contributed by atoms with Crippen molar-refractivity contribution in [2.45, 2.75) is 6.92 Å². The van der Waals surface area contributed by atoms with Crippen LogP contribution in [-0.2, 0) is 0 Å². The van der Waals surface area contributed by atoms with Crippen molar-refractivity contribution in [2.75, 3.05) is 17.7 Å². The van der Waals surface area contributed by atoms with Crippen LogP contribution >= 0.6 is 11.6 Å². The van der Waals surface area contributed by atoms with E-state index in [9.17, 15) is 4.79 Å². The Balaban J connectivity index is 1.74. The molecule has 0 radical (unpaired) electrons. The number of aryl methyl sites for hydroxylation is 1. The molecule has 0 saturated carbocycles. The molecule has 7 heteroatoms. The molecule has 1 heterocycles. The van der Waals surface area contributed by atoms with Gasteiger partial charge in [-0.25, -0.2) is 4.98 Å². The predicted molar refractivity (Wildman–Crippen MR) is 109 cm³/mol. The van der Waals surface area contributed by atoms with Crippen LogP contribution in [0.1, 0.15) is 21.6 Å². The molecule has 0 unspecified atom stereocenters. The highest BCUT2D eigenvalue weighted by molar-refractivity contribution is 6.31. The summed E-state index contributed by atoms with van der Waals surface area (Å²) in [5.41, 5.74) is 3.62. The highest BCUT2D eigenvalue weighted by Gasteiger charge is 2.13. The van der Waals surface area contributed by atoms with Crippen LogP contribution in [0.4, 0.5) is 17.1 Å². The number of carbonyl (C=O) groups excluding carboxylic acids is 1. The maximum Gasteiger partial charge on any atom is 0.274 e. The van der Waals surface area contributed by atoms with E-state index in [0.29, 0.717) is 27.7 Å². The molecule has 0 atom stereocenters. The molecule has 0 bridgehead atoms. The number of ether oxygens (including phenoxy) is 1. The van der Waals surface area contributed by atoms with Crippen LogP contribution in [0.5, 0.6) is 5.75 Å². The summed E-state index contributed by atoms with van der Waals surface area (Å²) >= 11 is 6.09. The first-order chi connectivity index (χ1) is 13.5. The standard InChI is InChI=1S/C21H17ClN4O2/c1-13-8-19(20(28-2)10-17(13)22)26-21(27)18-7-6-16(12-24-18)25-15-5-3-4-14(9-15)11-23/h3-10,12,25H,1-2H3,(H,26,27). The second kappa shape index (κ2) is 8.42. The zero-order chi connectivity index (χ0) is 20.1. The van der Waals surface area contributed by atoms with Crippen LogP contribution in [0.3, 0.4) is 0 Å². The topological polar surface area (TPSA) is 87.0 Å². The van der Waals surface area contributed by atoms with E-state index >= 15 is 0 Å². The maximum absolute atomic E-state index is 12.5. The number of benzene rings is 2. The van der Waals surface area contributed by atoms with E-state index in [2.05, 4.69) is 21.7 Å². The maximum atomic E-state index is 12.5. The summed E-state index contributed by atoms with van der Waals surface area (Å²) in [7, 11) is 1.51. The van der Waals surface area contributed by atoms with Crippen LogP contribution in [0.15, 0.2) is 54.7 Å². The smallest absolute Gasteiger partial charge is 0.274 e. The molecule has 0 aliphatic heterocycles. The van der Waals surface area contributed by atoms with Crippen molar-refractivity contribution in [3.8, 4) is 11.8 Å². The second-order valence-corrected chi connectivity index (χ2v) is 6.41. The van der Waals surface area contributed by atoms with E-state index in [-0.39, 0.29) is 11.6 Å². The Hall–Kier alpha value is -3.56. The number of methoxy groups -OCH3 is 1. The Bertz CT molecular complexity index is 1060. The fourth-order valence-corrected chi connectivity index (χ4v) is 2.71. The van der Waals surface area contributed by atoms with E-state index in [0.717, 1.165) is 11.3 Å². The van der Waals surface area contributed by atoms with Gasteiger partial charge in [-0.15, -0.1) is 0 Å². The monoisotopic (exact) mass is 392 g/mol. The lowest BCUT2D eigenvalue weighted by Gasteiger charge is -2.12. The first kappa shape index (κ1) is 19.2. The van der Waals surface area contributed by atoms with Gasteiger partial charge >= 0.3 is 0 Å². The van der Waals surface area contributed by atoms with Crippen molar-refractivity contribution in [1.82, 2.24) is 4.98 Å². The SMILES string of the molecule is COc1cc(Cl)c(C)cc1NC(=O)c1ccc(Nc2cccc(C#N)c2)cn1. The molecule has 2 aromatic carbocycles. The Kier molecular flexibility index (Phi) is 5.78. The first-order valence-electron chi connectivity index (χ1n) is 8.39. The predicted octanol–water partition coefficient (Wildman–Crippen LogP) is 4.92. The highest BCUT2D eigenvalue weighted by Crippen LogP contribution is 2.31. The number of nitrogens with one attached hydrogen (secondary N) is 2. The van der Waals surface area contributed by atoms with Gasteiger partial charge in [-0.05, 0) is 48.9 Å². The number of aromatic nitrogens is 1. The Morgan fingerprint density at radius 1 is 1.18 bits per heavy atom. The minimum absolute atomic E-state index is 0.256. The van der Waals surface area contributed by atoms with Gasteiger partial charge in [-0.3, -0.25) is 4.79 Å². The molecule has 2 N–H and O–H groups in total. The molecule has 140 valence electrons. The van der Waals surface area contributed by atoms with E-state index < -0.39 is 0 Å². The van der Waals surface area contributed by atoms with Crippen LogP contribution in [0.2, 0.25) is 5.02 Å². The Morgan fingerprint density at radius 3 is 2.68 bits per heavy atom. The minimum Gasteiger partial charge on any atom is -0.495 e. The lowest BCUT2D eigenvalue weighted by Crippen LogP contribution is -2.14. The fraction of sp³-hybridized carbons (Fsp3) is 0.0952. The lowest BCUT2D eigenvalue weighted by molar-refractivity contribution is 0.102. The summed E-state index contributed by atoms with van der Waals surface area (Å²) in [5, 5.41) is 15.5. The number of carbonyl (C=O) groups is 1. The van der Waals surface area contributed by atoms with Crippen LogP contribution in [0, 0.1) is 18.3 Å². The molecule has 6 nitrogen and oxygen atoms in total. The summed E-state index contributed by atoms with van der Waals surface area (Å²) in [6, 6.07) is 15.9. The van der Waals surface area contributed by atoms with Crippen molar-refractivity contribution in [2.24, 2.45) is 0 Å². The van der Waals surface area contributed by atoms with Crippen molar-refractivity contribution >= 4 is 34.6 Å². The van der Waals surface area contributed by atoms with Gasteiger partial charge < -0.3 is 15.4 Å². The average molecular weight is 393 g/mol. The zero-order valence-electron chi connectivity index (χ0n) is 15.3. The molecular weight excluding hydrogens is 376 g/mol. The van der Waals surface area contributed by atoms with E-state index in [1.54, 1.807) is 48.7 Å². The molecular formula is C21H17ClN4O2. The number of amides is 1. The summed E-state index contributed by atoms with van der Waals surface area (Å²) in [6.07, 6.45) is 1.55. The quantitative estimate of drug-likeness (QED) is 0.643. The number of halogens is 1. The zero-order valence-corrected chi connectivity index (χ0v) is 16.0. The van der Waals surface area contributed by atoms with Crippen LogP contribution in [-0.4, -0.2) is 18.0 Å². The van der Waals surface area contributed by atoms with Gasteiger partial charge in [0, 0.05) is 16.8 Å². The van der Waals surface area contributed by atoms with Gasteiger partial charge in [0.25, 0.3) is 5.91 Å². The first-order valence-corrected chi connectivity index (χ1v) is 8.76. The van der Waals surface area contributed by atoms with Gasteiger partial charge in [0.1, 0.15) is 11.4 Å². The highest BCUT2D eigenvalue weighted by atomic mass is 35.5. The number of nitriles is 1. The van der Waals surface area contributed by atoms with Crippen molar-refractivity contribution in [3.05, 3.63) is 76.6 Å². The number of nitrogens with zero attached hydrogens (tertiary/aromatic N) is 2. The normalized spacial score (nSPS) is 10.1. The molecule has 1 amide bonds. The number of pyridine rings is 1. The minimum atomic E-state index is -0.363. The molecule has 0 fully saturated rings. The molecule has 0 spiro atoms. The van der Waals surface area contributed by atoms with Crippen molar-refractivity contribution in [1.29, 1.82) is 5.26 Å². The van der Waals surface area contributed by atoms with Crippen LogP contribution < -0.4 is 15.4 Å². The largest absolute Gasteiger partial charge is 0.495 e. The lowest BCUT2D eigenvalue weighted by atomic mass is 10.2. The van der Waals surface area contributed by atoms with E-state index in [4.69, 9.17) is 21.6 Å². The van der Waals surface area contributed by atoms with Gasteiger partial charge in [0.2, 0.25) is 0 Å².